The average molecular weight is 308 g/mol. The number of benzene rings is 1. The van der Waals surface area contributed by atoms with Crippen LogP contribution in [0.5, 0.6) is 0 Å². The van der Waals surface area contributed by atoms with Gasteiger partial charge in [-0.3, -0.25) is 9.78 Å². The summed E-state index contributed by atoms with van der Waals surface area (Å²) in [5, 5.41) is 10.8. The van der Waals surface area contributed by atoms with Gasteiger partial charge in [0, 0.05) is 36.5 Å². The van der Waals surface area contributed by atoms with Crippen LogP contribution in [0, 0.1) is 6.92 Å². The second-order valence-electron chi connectivity index (χ2n) is 5.15. The Labute approximate surface area is 133 Å². The van der Waals surface area contributed by atoms with Crippen molar-refractivity contribution in [3.05, 3.63) is 60.2 Å². The molecule has 0 fully saturated rings. The average Bonchev–Trinajstić information content (AvgIpc) is 3.03. The summed E-state index contributed by atoms with van der Waals surface area (Å²) in [6.07, 6.45) is 4.00. The normalized spacial score (nSPS) is 10.5. The largest absolute Gasteiger partial charge is 0.421 e. The van der Waals surface area contributed by atoms with Crippen molar-refractivity contribution in [3.63, 3.8) is 0 Å². The van der Waals surface area contributed by atoms with Gasteiger partial charge >= 0.3 is 0 Å². The maximum Gasteiger partial charge on any atom is 0.247 e. The highest BCUT2D eigenvalue weighted by Gasteiger charge is 2.10. The second kappa shape index (κ2) is 6.83. The summed E-state index contributed by atoms with van der Waals surface area (Å²) in [4.78, 5) is 15.9. The zero-order valence-corrected chi connectivity index (χ0v) is 12.7. The molecule has 0 saturated carbocycles. The lowest BCUT2D eigenvalue weighted by Gasteiger charge is -2.04. The van der Waals surface area contributed by atoms with Crippen molar-refractivity contribution in [3.8, 4) is 11.5 Å². The number of pyridine rings is 1. The minimum atomic E-state index is -0.0840. The van der Waals surface area contributed by atoms with Crippen molar-refractivity contribution < 1.29 is 9.21 Å². The predicted octanol–water partition coefficient (Wildman–Crippen LogP) is 3.01. The van der Waals surface area contributed by atoms with Crippen LogP contribution in [0.4, 0.5) is 5.69 Å². The minimum absolute atomic E-state index is 0.0840. The number of hydrogen-bond donors (Lipinski definition) is 1. The second-order valence-corrected chi connectivity index (χ2v) is 5.15. The van der Waals surface area contributed by atoms with E-state index in [1.165, 1.54) is 0 Å². The topological polar surface area (TPSA) is 80.9 Å². The van der Waals surface area contributed by atoms with E-state index in [9.17, 15) is 4.79 Å². The summed E-state index contributed by atoms with van der Waals surface area (Å²) >= 11 is 0. The highest BCUT2D eigenvalue weighted by Crippen LogP contribution is 2.17. The van der Waals surface area contributed by atoms with E-state index in [1.807, 2.05) is 31.2 Å². The van der Waals surface area contributed by atoms with E-state index in [-0.39, 0.29) is 12.3 Å². The molecule has 0 radical (unpaired) electrons. The van der Waals surface area contributed by atoms with E-state index in [1.54, 1.807) is 24.5 Å². The maximum atomic E-state index is 12.0. The number of carbonyl (C=O) groups is 1. The Kier molecular flexibility index (Phi) is 4.42. The van der Waals surface area contributed by atoms with Crippen LogP contribution >= 0.6 is 0 Å². The lowest BCUT2D eigenvalue weighted by molar-refractivity contribution is -0.116. The molecule has 6 nitrogen and oxygen atoms in total. The number of nitrogens with one attached hydrogen (secondary N) is 1. The van der Waals surface area contributed by atoms with Gasteiger partial charge in [0.2, 0.25) is 17.7 Å². The number of carbonyl (C=O) groups excluding carboxylic acids is 1. The molecule has 3 aromatic rings. The molecule has 1 N–H and O–H groups in total. The summed E-state index contributed by atoms with van der Waals surface area (Å²) in [5.41, 5.74) is 2.70. The van der Waals surface area contributed by atoms with E-state index in [2.05, 4.69) is 20.5 Å². The fourth-order valence-corrected chi connectivity index (χ4v) is 2.13. The molecule has 3 rings (SSSR count). The molecule has 0 unspecified atom stereocenters. The summed E-state index contributed by atoms with van der Waals surface area (Å²) in [6, 6.07) is 11.3. The van der Waals surface area contributed by atoms with E-state index in [0.29, 0.717) is 18.2 Å². The van der Waals surface area contributed by atoms with Crippen LogP contribution in [0.3, 0.4) is 0 Å². The Morgan fingerprint density at radius 3 is 2.78 bits per heavy atom. The van der Waals surface area contributed by atoms with Crippen molar-refractivity contribution in [1.29, 1.82) is 0 Å². The molecule has 0 atom stereocenters. The SMILES string of the molecule is Cc1cccc(NC(=O)CCc2nnc(-c3ccncc3)o2)c1. The summed E-state index contributed by atoms with van der Waals surface area (Å²) < 4.78 is 5.56. The first kappa shape index (κ1) is 14.9. The van der Waals surface area contributed by atoms with E-state index in [0.717, 1.165) is 16.8 Å². The van der Waals surface area contributed by atoms with Crippen LogP contribution in [0.2, 0.25) is 0 Å². The monoisotopic (exact) mass is 308 g/mol. The van der Waals surface area contributed by atoms with Crippen molar-refractivity contribution in [2.45, 2.75) is 19.8 Å². The van der Waals surface area contributed by atoms with Crippen LogP contribution in [-0.2, 0) is 11.2 Å². The van der Waals surface area contributed by atoms with Gasteiger partial charge in [0.1, 0.15) is 0 Å². The molecule has 0 saturated heterocycles. The standard InChI is InChI=1S/C17H16N4O2/c1-12-3-2-4-14(11-12)19-15(22)5-6-16-20-21-17(23-16)13-7-9-18-10-8-13/h2-4,7-11H,5-6H2,1H3,(H,19,22). The number of aryl methyl sites for hydroxylation is 2. The Balaban J connectivity index is 1.56. The number of rotatable bonds is 5. The van der Waals surface area contributed by atoms with Gasteiger partial charge in [0.15, 0.2) is 0 Å². The molecular formula is C17H16N4O2. The molecule has 0 bridgehead atoms. The molecule has 0 aliphatic heterocycles. The van der Waals surface area contributed by atoms with Gasteiger partial charge in [0.05, 0.1) is 0 Å². The quantitative estimate of drug-likeness (QED) is 0.783. The van der Waals surface area contributed by atoms with Crippen LogP contribution in [0.25, 0.3) is 11.5 Å². The fourth-order valence-electron chi connectivity index (χ4n) is 2.13. The first-order valence-electron chi connectivity index (χ1n) is 7.30. The van der Waals surface area contributed by atoms with Gasteiger partial charge in [-0.05, 0) is 36.8 Å². The highest BCUT2D eigenvalue weighted by atomic mass is 16.4. The number of hydrogen-bond acceptors (Lipinski definition) is 5. The Hall–Kier alpha value is -3.02. The predicted molar refractivity (Wildman–Crippen MR) is 85.7 cm³/mol. The molecule has 1 aromatic carbocycles. The van der Waals surface area contributed by atoms with Crippen LogP contribution in [-0.4, -0.2) is 21.1 Å². The first-order chi connectivity index (χ1) is 11.2. The van der Waals surface area contributed by atoms with E-state index in [4.69, 9.17) is 4.42 Å². The number of nitrogens with zero attached hydrogens (tertiary/aromatic N) is 3. The van der Waals surface area contributed by atoms with Crippen molar-refractivity contribution in [2.75, 3.05) is 5.32 Å². The lowest BCUT2D eigenvalue weighted by atomic mass is 10.2. The van der Waals surface area contributed by atoms with Gasteiger partial charge < -0.3 is 9.73 Å². The fraction of sp³-hybridized carbons (Fsp3) is 0.176. The van der Waals surface area contributed by atoms with Gasteiger partial charge in [-0.1, -0.05) is 12.1 Å². The minimum Gasteiger partial charge on any atom is -0.421 e. The Morgan fingerprint density at radius 2 is 2.00 bits per heavy atom. The molecule has 23 heavy (non-hydrogen) atoms. The third kappa shape index (κ3) is 4.00. The summed E-state index contributed by atoms with van der Waals surface area (Å²) in [5.74, 6) is 0.789. The van der Waals surface area contributed by atoms with Gasteiger partial charge in [0.25, 0.3) is 0 Å². The van der Waals surface area contributed by atoms with Crippen molar-refractivity contribution >= 4 is 11.6 Å². The van der Waals surface area contributed by atoms with Crippen molar-refractivity contribution in [2.24, 2.45) is 0 Å². The molecule has 2 aromatic heterocycles. The van der Waals surface area contributed by atoms with E-state index < -0.39 is 0 Å². The molecule has 6 heteroatoms. The summed E-state index contributed by atoms with van der Waals surface area (Å²) in [6.45, 7) is 1.98. The van der Waals surface area contributed by atoms with Crippen LogP contribution in [0.15, 0.2) is 53.2 Å². The first-order valence-corrected chi connectivity index (χ1v) is 7.30. The Bertz CT molecular complexity index is 799. The van der Waals surface area contributed by atoms with Crippen molar-refractivity contribution in [1.82, 2.24) is 15.2 Å². The molecular weight excluding hydrogens is 292 g/mol. The smallest absolute Gasteiger partial charge is 0.247 e. The molecule has 0 spiro atoms. The highest BCUT2D eigenvalue weighted by molar-refractivity contribution is 5.90. The van der Waals surface area contributed by atoms with Gasteiger partial charge in [-0.2, -0.15) is 0 Å². The number of anilines is 1. The summed E-state index contributed by atoms with van der Waals surface area (Å²) in [7, 11) is 0. The molecule has 116 valence electrons. The van der Waals surface area contributed by atoms with Crippen LogP contribution in [0.1, 0.15) is 17.9 Å². The van der Waals surface area contributed by atoms with E-state index >= 15 is 0 Å². The van der Waals surface area contributed by atoms with Crippen LogP contribution < -0.4 is 5.32 Å². The number of aromatic nitrogens is 3. The molecule has 0 aliphatic rings. The molecule has 0 aliphatic carbocycles. The number of amides is 1. The lowest BCUT2D eigenvalue weighted by Crippen LogP contribution is -2.12. The Morgan fingerprint density at radius 1 is 1.17 bits per heavy atom. The zero-order chi connectivity index (χ0) is 16.1. The zero-order valence-electron chi connectivity index (χ0n) is 12.7. The molecule has 1 amide bonds. The third-order valence-electron chi connectivity index (χ3n) is 3.26. The maximum absolute atomic E-state index is 12.0. The van der Waals surface area contributed by atoms with Gasteiger partial charge in [-0.15, -0.1) is 10.2 Å². The van der Waals surface area contributed by atoms with Gasteiger partial charge in [-0.25, -0.2) is 0 Å². The third-order valence-corrected chi connectivity index (χ3v) is 3.26. The molecule has 2 heterocycles.